The number of aromatic nitrogens is 1. The van der Waals surface area contributed by atoms with Gasteiger partial charge in [0.1, 0.15) is 0 Å². The molecule has 0 aliphatic rings. The van der Waals surface area contributed by atoms with E-state index in [-0.39, 0.29) is 0 Å². The molecular weight excluding hydrogens is 254 g/mol. The highest BCUT2D eigenvalue weighted by Crippen LogP contribution is 2.10. The highest BCUT2D eigenvalue weighted by atomic mass is 16.5. The van der Waals surface area contributed by atoms with Crippen molar-refractivity contribution in [1.82, 2.24) is 15.4 Å². The highest BCUT2D eigenvalue weighted by Gasteiger charge is 2.13. The molecule has 1 N–H and O–H groups in total. The Kier molecular flexibility index (Phi) is 7.80. The summed E-state index contributed by atoms with van der Waals surface area (Å²) in [7, 11) is 1.73. The van der Waals surface area contributed by atoms with Gasteiger partial charge in [-0.25, -0.2) is 0 Å². The van der Waals surface area contributed by atoms with Crippen LogP contribution in [0, 0.1) is 5.92 Å². The van der Waals surface area contributed by atoms with Crippen molar-refractivity contribution in [3.8, 4) is 0 Å². The molecule has 0 aromatic carbocycles. The summed E-state index contributed by atoms with van der Waals surface area (Å²) in [5.74, 6) is 1.56. The molecule has 1 heterocycles. The molecule has 0 fully saturated rings. The second-order valence-corrected chi connectivity index (χ2v) is 5.87. The monoisotopic (exact) mass is 283 g/mol. The van der Waals surface area contributed by atoms with Crippen LogP contribution >= 0.6 is 0 Å². The number of nitrogens with zero attached hydrogens (tertiary/aromatic N) is 2. The summed E-state index contributed by atoms with van der Waals surface area (Å²) in [6.07, 6.45) is 0. The molecule has 5 heteroatoms. The zero-order valence-electron chi connectivity index (χ0n) is 13.5. The first kappa shape index (κ1) is 17.1. The van der Waals surface area contributed by atoms with E-state index in [1.807, 2.05) is 6.07 Å². The van der Waals surface area contributed by atoms with Gasteiger partial charge in [-0.1, -0.05) is 19.0 Å². The maximum Gasteiger partial charge on any atom is 0.151 e. The van der Waals surface area contributed by atoms with Crippen molar-refractivity contribution in [1.29, 1.82) is 0 Å². The van der Waals surface area contributed by atoms with Gasteiger partial charge >= 0.3 is 0 Å². The average Bonchev–Trinajstić information content (AvgIpc) is 2.81. The van der Waals surface area contributed by atoms with Crippen molar-refractivity contribution in [3.63, 3.8) is 0 Å². The molecule has 0 atom stereocenters. The minimum absolute atomic E-state index is 0.456. The van der Waals surface area contributed by atoms with E-state index in [2.05, 4.69) is 43.1 Å². The van der Waals surface area contributed by atoms with Crippen LogP contribution in [0.5, 0.6) is 0 Å². The summed E-state index contributed by atoms with van der Waals surface area (Å²) < 4.78 is 10.6. The summed E-state index contributed by atoms with van der Waals surface area (Å²) in [6, 6.07) is 2.49. The Morgan fingerprint density at radius 2 is 2.10 bits per heavy atom. The average molecular weight is 283 g/mol. The molecule has 0 saturated carbocycles. The van der Waals surface area contributed by atoms with Gasteiger partial charge in [0.25, 0.3) is 0 Å². The Bertz CT molecular complexity index is 364. The maximum atomic E-state index is 5.41. The molecule has 0 bridgehead atoms. The first-order chi connectivity index (χ1) is 9.52. The van der Waals surface area contributed by atoms with Crippen LogP contribution in [-0.2, 0) is 17.8 Å². The molecule has 0 saturated heterocycles. The van der Waals surface area contributed by atoms with Crippen LogP contribution in [0.15, 0.2) is 10.6 Å². The van der Waals surface area contributed by atoms with Crippen LogP contribution in [0.25, 0.3) is 0 Å². The van der Waals surface area contributed by atoms with Crippen molar-refractivity contribution >= 4 is 0 Å². The van der Waals surface area contributed by atoms with E-state index in [4.69, 9.17) is 9.26 Å². The fraction of sp³-hybridized carbons (Fsp3) is 0.800. The summed E-state index contributed by atoms with van der Waals surface area (Å²) in [6.45, 7) is 12.9. The van der Waals surface area contributed by atoms with E-state index in [9.17, 15) is 0 Å². The molecule has 0 amide bonds. The molecule has 0 spiro atoms. The van der Waals surface area contributed by atoms with E-state index in [0.717, 1.165) is 44.2 Å². The number of hydrogen-bond acceptors (Lipinski definition) is 5. The summed E-state index contributed by atoms with van der Waals surface area (Å²) >= 11 is 0. The lowest BCUT2D eigenvalue weighted by Gasteiger charge is -2.24. The predicted molar refractivity (Wildman–Crippen MR) is 80.5 cm³/mol. The molecule has 116 valence electrons. The third-order valence-electron chi connectivity index (χ3n) is 3.14. The van der Waals surface area contributed by atoms with Crippen molar-refractivity contribution in [2.24, 2.45) is 5.92 Å². The quantitative estimate of drug-likeness (QED) is 0.714. The van der Waals surface area contributed by atoms with E-state index < -0.39 is 0 Å². The normalized spacial score (nSPS) is 12.0. The Morgan fingerprint density at radius 1 is 1.35 bits per heavy atom. The van der Waals surface area contributed by atoms with Crippen molar-refractivity contribution in [3.05, 3.63) is 17.5 Å². The zero-order chi connectivity index (χ0) is 15.0. The maximum absolute atomic E-state index is 5.41. The fourth-order valence-electron chi connectivity index (χ4n) is 1.93. The molecule has 0 aliphatic heterocycles. The van der Waals surface area contributed by atoms with Crippen LogP contribution in [0.4, 0.5) is 0 Å². The first-order valence-electron chi connectivity index (χ1n) is 7.41. The topological polar surface area (TPSA) is 50.5 Å². The number of nitrogens with one attached hydrogen (secondary N) is 1. The van der Waals surface area contributed by atoms with Crippen LogP contribution < -0.4 is 5.32 Å². The van der Waals surface area contributed by atoms with Crippen molar-refractivity contribution < 1.29 is 9.26 Å². The van der Waals surface area contributed by atoms with Gasteiger partial charge < -0.3 is 14.6 Å². The largest absolute Gasteiger partial charge is 0.383 e. The Hall–Kier alpha value is -0.910. The lowest BCUT2D eigenvalue weighted by molar-refractivity contribution is 0.117. The summed E-state index contributed by atoms with van der Waals surface area (Å²) in [5.41, 5.74) is 0.969. The van der Waals surface area contributed by atoms with Gasteiger partial charge in [-0.05, 0) is 26.3 Å². The Balaban J connectivity index is 2.44. The predicted octanol–water partition coefficient (Wildman–Crippen LogP) is 2.28. The van der Waals surface area contributed by atoms with Crippen LogP contribution in [-0.4, -0.2) is 42.9 Å². The summed E-state index contributed by atoms with van der Waals surface area (Å²) in [5, 5.41) is 7.48. The van der Waals surface area contributed by atoms with Gasteiger partial charge in [0, 0.05) is 32.3 Å². The number of methoxy groups -OCH3 is 1. The number of rotatable bonds is 10. The molecule has 0 radical (unpaired) electrons. The van der Waals surface area contributed by atoms with E-state index in [1.54, 1.807) is 7.11 Å². The minimum Gasteiger partial charge on any atom is -0.383 e. The fourth-order valence-corrected chi connectivity index (χ4v) is 1.93. The third-order valence-corrected chi connectivity index (χ3v) is 3.14. The lowest BCUT2D eigenvalue weighted by atomic mass is 10.2. The van der Waals surface area contributed by atoms with E-state index >= 15 is 0 Å². The standard InChI is InChI=1S/C15H29N3O2/c1-12(2)9-16-10-14-8-15(20-17-14)11-18(13(3)4)6-7-19-5/h8,12-13,16H,6-7,9-11H2,1-5H3. The van der Waals surface area contributed by atoms with Crippen molar-refractivity contribution in [2.75, 3.05) is 26.8 Å². The molecule has 1 aromatic heterocycles. The van der Waals surface area contributed by atoms with Gasteiger partial charge in [-0.15, -0.1) is 0 Å². The number of ether oxygens (including phenoxy) is 1. The molecule has 5 nitrogen and oxygen atoms in total. The Labute approximate surface area is 122 Å². The first-order valence-corrected chi connectivity index (χ1v) is 7.41. The minimum atomic E-state index is 0.456. The van der Waals surface area contributed by atoms with Crippen LogP contribution in [0.2, 0.25) is 0 Å². The lowest BCUT2D eigenvalue weighted by Crippen LogP contribution is -2.33. The second kappa shape index (κ2) is 9.10. The number of hydrogen-bond donors (Lipinski definition) is 1. The van der Waals surface area contributed by atoms with E-state index in [1.165, 1.54) is 0 Å². The molecular formula is C15H29N3O2. The van der Waals surface area contributed by atoms with Crippen molar-refractivity contribution in [2.45, 2.75) is 46.8 Å². The third kappa shape index (κ3) is 6.50. The SMILES string of the molecule is COCCN(Cc1cc(CNCC(C)C)no1)C(C)C. The van der Waals surface area contributed by atoms with Gasteiger partial charge in [-0.3, -0.25) is 4.90 Å². The van der Waals surface area contributed by atoms with Crippen LogP contribution in [0.3, 0.4) is 0 Å². The van der Waals surface area contributed by atoms with Gasteiger partial charge in [-0.2, -0.15) is 0 Å². The van der Waals surface area contributed by atoms with Crippen LogP contribution in [0.1, 0.15) is 39.1 Å². The van der Waals surface area contributed by atoms with Gasteiger partial charge in [0.2, 0.25) is 0 Å². The molecule has 0 unspecified atom stereocenters. The molecule has 0 aliphatic carbocycles. The molecule has 20 heavy (non-hydrogen) atoms. The van der Waals surface area contributed by atoms with Gasteiger partial charge in [0.15, 0.2) is 5.76 Å². The second-order valence-electron chi connectivity index (χ2n) is 5.87. The zero-order valence-corrected chi connectivity index (χ0v) is 13.5. The smallest absolute Gasteiger partial charge is 0.151 e. The molecule has 1 aromatic rings. The summed E-state index contributed by atoms with van der Waals surface area (Å²) in [4.78, 5) is 2.31. The highest BCUT2D eigenvalue weighted by molar-refractivity contribution is 5.05. The molecule has 1 rings (SSSR count). The van der Waals surface area contributed by atoms with Gasteiger partial charge in [0.05, 0.1) is 18.8 Å². The van der Waals surface area contributed by atoms with E-state index in [0.29, 0.717) is 12.0 Å². The Morgan fingerprint density at radius 3 is 2.70 bits per heavy atom.